The quantitative estimate of drug-likeness (QED) is 0.331. The summed E-state index contributed by atoms with van der Waals surface area (Å²) in [7, 11) is -6.83. The van der Waals surface area contributed by atoms with Gasteiger partial charge in [-0.25, -0.2) is 0 Å². The Hall–Kier alpha value is 0.300. The molecular formula is C15H34O6P2. The molecule has 2 unspecified atom stereocenters. The first-order valence-corrected chi connectivity index (χ1v) is 11.8. The molecule has 6 nitrogen and oxygen atoms in total. The lowest BCUT2D eigenvalue weighted by Crippen LogP contribution is -2.02. The summed E-state index contributed by atoms with van der Waals surface area (Å²) >= 11 is 0. The van der Waals surface area contributed by atoms with Crippen molar-refractivity contribution in [1.29, 1.82) is 0 Å². The predicted molar refractivity (Wildman–Crippen MR) is 94.1 cm³/mol. The average Bonchev–Trinajstić information content (AvgIpc) is 2.44. The molecule has 0 radical (unpaired) electrons. The second-order valence-corrected chi connectivity index (χ2v) is 11.3. The van der Waals surface area contributed by atoms with E-state index in [0.29, 0.717) is 13.2 Å². The Morgan fingerprint density at radius 1 is 0.652 bits per heavy atom. The van der Waals surface area contributed by atoms with E-state index in [9.17, 15) is 18.9 Å². The highest BCUT2D eigenvalue weighted by Gasteiger charge is 2.24. The fourth-order valence-electron chi connectivity index (χ4n) is 1.78. The number of unbranched alkanes of at least 4 members (excludes halogenated alkanes) is 6. The Labute approximate surface area is 141 Å². The van der Waals surface area contributed by atoms with Gasteiger partial charge in [0.15, 0.2) is 0 Å². The van der Waals surface area contributed by atoms with Crippen molar-refractivity contribution in [1.82, 2.24) is 0 Å². The van der Waals surface area contributed by atoms with Gasteiger partial charge in [-0.05, 0) is 12.8 Å². The van der Waals surface area contributed by atoms with E-state index in [4.69, 9.17) is 9.05 Å². The molecule has 0 aromatic rings. The Balaban J connectivity index is 3.42. The molecule has 0 aliphatic carbocycles. The molecule has 0 bridgehead atoms. The molecule has 0 spiro atoms. The Morgan fingerprint density at radius 3 is 1.17 bits per heavy atom. The minimum atomic E-state index is -3.42. The fraction of sp³-hybridized carbons (Fsp3) is 1.00. The first-order chi connectivity index (χ1) is 10.6. The maximum Gasteiger partial charge on any atom is 0.330 e. The van der Waals surface area contributed by atoms with Gasteiger partial charge in [0.2, 0.25) is 0 Å². The van der Waals surface area contributed by atoms with E-state index >= 15 is 0 Å². The highest BCUT2D eigenvalue weighted by molar-refractivity contribution is 7.53. The second kappa shape index (κ2) is 11.8. The van der Waals surface area contributed by atoms with Crippen LogP contribution in [0.15, 0.2) is 0 Å². The third-order valence-corrected chi connectivity index (χ3v) is 7.36. The van der Waals surface area contributed by atoms with Crippen LogP contribution in [0.1, 0.15) is 72.6 Å². The molecule has 0 aliphatic rings. The van der Waals surface area contributed by atoms with E-state index in [1.54, 1.807) is 27.7 Å². The monoisotopic (exact) mass is 372 g/mol. The van der Waals surface area contributed by atoms with Gasteiger partial charge in [0.05, 0.1) is 24.5 Å². The lowest BCUT2D eigenvalue weighted by Gasteiger charge is -2.15. The zero-order valence-corrected chi connectivity index (χ0v) is 16.7. The topological polar surface area (TPSA) is 93.1 Å². The summed E-state index contributed by atoms with van der Waals surface area (Å²) in [4.78, 5) is 19.0. The average molecular weight is 372 g/mol. The number of rotatable bonds is 14. The van der Waals surface area contributed by atoms with Crippen molar-refractivity contribution in [3.8, 4) is 0 Å². The minimum absolute atomic E-state index is 0.334. The molecule has 23 heavy (non-hydrogen) atoms. The largest absolute Gasteiger partial charge is 0.330 e. The second-order valence-electron chi connectivity index (χ2n) is 6.46. The van der Waals surface area contributed by atoms with E-state index in [2.05, 4.69) is 0 Å². The Morgan fingerprint density at radius 2 is 0.913 bits per heavy atom. The van der Waals surface area contributed by atoms with Crippen LogP contribution in [0.5, 0.6) is 0 Å². The zero-order chi connectivity index (χ0) is 17.9. The molecule has 0 amide bonds. The SMILES string of the molecule is CC(C)P(=O)(O)OCCCCCCCCCOP(=O)(O)C(C)C. The van der Waals surface area contributed by atoms with E-state index in [1.165, 1.54) is 0 Å². The van der Waals surface area contributed by atoms with Crippen LogP contribution in [-0.4, -0.2) is 34.3 Å². The highest BCUT2D eigenvalue weighted by Crippen LogP contribution is 2.47. The van der Waals surface area contributed by atoms with Crippen molar-refractivity contribution in [2.75, 3.05) is 13.2 Å². The summed E-state index contributed by atoms with van der Waals surface area (Å²) in [6.45, 7) is 7.40. The summed E-state index contributed by atoms with van der Waals surface area (Å²) < 4.78 is 33.2. The molecule has 140 valence electrons. The standard InChI is InChI=1S/C15H34O6P2/c1-14(2)22(16,17)20-12-10-8-6-5-7-9-11-13-21-23(18,19)15(3)4/h14-15H,5-13H2,1-4H3,(H,16,17)(H,18,19). The third kappa shape index (κ3) is 11.5. The first kappa shape index (κ1) is 23.3. The van der Waals surface area contributed by atoms with Gasteiger partial charge in [-0.2, -0.15) is 0 Å². The minimum Gasteiger partial charge on any atom is -0.324 e. The molecule has 0 rings (SSSR count). The van der Waals surface area contributed by atoms with Gasteiger partial charge in [0.1, 0.15) is 0 Å². The number of hydrogen-bond acceptors (Lipinski definition) is 4. The summed E-state index contributed by atoms with van der Waals surface area (Å²) in [5.74, 6) is 0. The summed E-state index contributed by atoms with van der Waals surface area (Å²) in [5, 5.41) is 0. The lowest BCUT2D eigenvalue weighted by molar-refractivity contribution is 0.245. The highest BCUT2D eigenvalue weighted by atomic mass is 31.2. The van der Waals surface area contributed by atoms with Crippen LogP contribution in [0.2, 0.25) is 0 Å². The van der Waals surface area contributed by atoms with Crippen molar-refractivity contribution >= 4 is 15.2 Å². The van der Waals surface area contributed by atoms with Crippen LogP contribution in [0.4, 0.5) is 0 Å². The molecule has 0 saturated carbocycles. The molecule has 0 aliphatic heterocycles. The Bertz CT molecular complexity index is 361. The van der Waals surface area contributed by atoms with Gasteiger partial charge >= 0.3 is 15.2 Å². The van der Waals surface area contributed by atoms with Crippen molar-refractivity contribution in [2.24, 2.45) is 0 Å². The van der Waals surface area contributed by atoms with Crippen molar-refractivity contribution in [2.45, 2.75) is 84.0 Å². The predicted octanol–water partition coefficient (Wildman–Crippen LogP) is 4.94. The normalized spacial score (nSPS) is 17.4. The molecule has 0 aromatic heterocycles. The zero-order valence-electron chi connectivity index (χ0n) is 14.9. The van der Waals surface area contributed by atoms with Crippen LogP contribution in [0.25, 0.3) is 0 Å². The molecule has 2 atom stereocenters. The molecular weight excluding hydrogens is 338 g/mol. The first-order valence-electron chi connectivity index (χ1n) is 8.53. The fourth-order valence-corrected chi connectivity index (χ4v) is 3.15. The van der Waals surface area contributed by atoms with Crippen LogP contribution < -0.4 is 0 Å². The van der Waals surface area contributed by atoms with Crippen molar-refractivity contribution in [3.63, 3.8) is 0 Å². The van der Waals surface area contributed by atoms with E-state index in [1.807, 2.05) is 0 Å². The smallest absolute Gasteiger partial charge is 0.324 e. The summed E-state index contributed by atoms with van der Waals surface area (Å²) in [5.41, 5.74) is -0.704. The maximum atomic E-state index is 11.5. The molecule has 0 heterocycles. The Kier molecular flexibility index (Phi) is 11.9. The van der Waals surface area contributed by atoms with Crippen LogP contribution in [-0.2, 0) is 18.2 Å². The summed E-state index contributed by atoms with van der Waals surface area (Å²) in [6.07, 6.45) is 6.76. The third-order valence-electron chi connectivity index (χ3n) is 3.65. The number of hydrogen-bond donors (Lipinski definition) is 2. The lowest BCUT2D eigenvalue weighted by atomic mass is 10.1. The molecule has 0 fully saturated rings. The molecule has 2 N–H and O–H groups in total. The van der Waals surface area contributed by atoms with Crippen LogP contribution >= 0.6 is 15.2 Å². The van der Waals surface area contributed by atoms with Gasteiger partial charge in [-0.1, -0.05) is 59.8 Å². The molecule has 8 heteroatoms. The molecule has 0 saturated heterocycles. The van der Waals surface area contributed by atoms with Gasteiger partial charge in [0.25, 0.3) is 0 Å². The maximum absolute atomic E-state index is 11.5. The summed E-state index contributed by atoms with van der Waals surface area (Å²) in [6, 6.07) is 0. The van der Waals surface area contributed by atoms with E-state index < -0.39 is 15.2 Å². The van der Waals surface area contributed by atoms with E-state index in [0.717, 1.165) is 44.9 Å². The van der Waals surface area contributed by atoms with Gasteiger partial charge in [-0.3, -0.25) is 9.13 Å². The van der Waals surface area contributed by atoms with Gasteiger partial charge in [-0.15, -0.1) is 0 Å². The van der Waals surface area contributed by atoms with Crippen molar-refractivity contribution in [3.05, 3.63) is 0 Å². The van der Waals surface area contributed by atoms with Crippen LogP contribution in [0, 0.1) is 0 Å². The molecule has 0 aromatic carbocycles. The van der Waals surface area contributed by atoms with Crippen molar-refractivity contribution < 1.29 is 28.0 Å². The van der Waals surface area contributed by atoms with Gasteiger partial charge in [0, 0.05) is 0 Å². The van der Waals surface area contributed by atoms with Crippen LogP contribution in [0.3, 0.4) is 0 Å². The van der Waals surface area contributed by atoms with Gasteiger partial charge < -0.3 is 18.8 Å². The van der Waals surface area contributed by atoms with E-state index in [-0.39, 0.29) is 11.3 Å².